The normalized spacial score (nSPS) is 15.8. The molecule has 0 saturated carbocycles. The first kappa shape index (κ1) is 13.8. The molecule has 1 aliphatic rings. The second-order valence-electron chi connectivity index (χ2n) is 4.64. The number of hydrogen-bond donors (Lipinski definition) is 0. The lowest BCUT2D eigenvalue weighted by atomic mass is 10.0. The second kappa shape index (κ2) is 5.32. The van der Waals surface area contributed by atoms with Crippen molar-refractivity contribution in [2.24, 2.45) is 0 Å². The van der Waals surface area contributed by atoms with Crippen LogP contribution in [0.1, 0.15) is 11.1 Å². The number of fused-ring (bicyclic) bond motifs is 1. The first-order valence-corrected chi connectivity index (χ1v) is 7.69. The average molecular weight is 365 g/mol. The summed E-state index contributed by atoms with van der Waals surface area (Å²) in [5.41, 5.74) is 4.45. The lowest BCUT2D eigenvalue weighted by Crippen LogP contribution is -2.18. The number of rotatable bonds is 1. The van der Waals surface area contributed by atoms with E-state index in [1.807, 2.05) is 42.3 Å². The third kappa shape index (κ3) is 2.41. The number of nitrogens with zero attached hydrogens (tertiary/aromatic N) is 1. The van der Waals surface area contributed by atoms with E-state index in [2.05, 4.69) is 34.1 Å². The molecular formula is C16H11BrClNS. The Kier molecular flexibility index (Phi) is 3.67. The van der Waals surface area contributed by atoms with E-state index in [-0.39, 0.29) is 0 Å². The first-order chi connectivity index (χ1) is 9.56. The molecule has 0 atom stereocenters. The zero-order valence-electron chi connectivity index (χ0n) is 10.7. The first-order valence-electron chi connectivity index (χ1n) is 6.11. The van der Waals surface area contributed by atoms with Crippen LogP contribution < -0.4 is 4.90 Å². The molecule has 3 rings (SSSR count). The summed E-state index contributed by atoms with van der Waals surface area (Å²) in [6.07, 6.45) is 2.10. The van der Waals surface area contributed by atoms with Gasteiger partial charge in [-0.15, -0.1) is 0 Å². The number of likely N-dealkylation sites (N-methyl/N-ethyl adjacent to an activating group) is 1. The minimum atomic E-state index is 0.737. The van der Waals surface area contributed by atoms with E-state index in [0.717, 1.165) is 36.9 Å². The van der Waals surface area contributed by atoms with Crippen molar-refractivity contribution < 1.29 is 0 Å². The zero-order valence-corrected chi connectivity index (χ0v) is 13.9. The topological polar surface area (TPSA) is 3.24 Å². The summed E-state index contributed by atoms with van der Waals surface area (Å²) in [4.78, 5) is 2.88. The summed E-state index contributed by atoms with van der Waals surface area (Å²) in [6.45, 7) is 0. The molecule has 0 saturated heterocycles. The van der Waals surface area contributed by atoms with Gasteiger partial charge in [-0.05, 0) is 42.0 Å². The van der Waals surface area contributed by atoms with Gasteiger partial charge in [-0.2, -0.15) is 0 Å². The molecule has 1 nitrogen and oxygen atoms in total. The highest BCUT2D eigenvalue weighted by Gasteiger charge is 2.26. The highest BCUT2D eigenvalue weighted by Crippen LogP contribution is 2.39. The molecule has 2 aromatic rings. The number of halogens is 2. The van der Waals surface area contributed by atoms with E-state index in [4.69, 9.17) is 23.8 Å². The minimum Gasteiger partial charge on any atom is -0.335 e. The van der Waals surface area contributed by atoms with Crippen LogP contribution >= 0.6 is 39.7 Å². The third-order valence-electron chi connectivity index (χ3n) is 3.33. The standard InChI is InChI=1S/C16H11BrClNS/c1-19-15-7-4-11(17)9-13(15)14(16(19)20)8-10-2-5-12(18)6-3-10/h2-9H,1H3/b14-8-. The monoisotopic (exact) mass is 363 g/mol. The maximum atomic E-state index is 5.92. The zero-order chi connectivity index (χ0) is 14.3. The van der Waals surface area contributed by atoms with Gasteiger partial charge in [0.2, 0.25) is 0 Å². The van der Waals surface area contributed by atoms with Crippen LogP contribution in [0, 0.1) is 0 Å². The van der Waals surface area contributed by atoms with E-state index in [0.29, 0.717) is 0 Å². The van der Waals surface area contributed by atoms with Gasteiger partial charge in [-0.1, -0.05) is 51.9 Å². The van der Waals surface area contributed by atoms with Crippen molar-refractivity contribution in [2.45, 2.75) is 0 Å². The number of thiocarbonyl (C=S) groups is 1. The molecule has 20 heavy (non-hydrogen) atoms. The summed E-state index contributed by atoms with van der Waals surface area (Å²) in [5, 5.41) is 0.737. The van der Waals surface area contributed by atoms with E-state index in [1.165, 1.54) is 0 Å². The fraction of sp³-hybridized carbons (Fsp3) is 0.0625. The Labute approximate surface area is 137 Å². The Morgan fingerprint density at radius 1 is 1.15 bits per heavy atom. The summed E-state index contributed by atoms with van der Waals surface area (Å²) in [5.74, 6) is 0. The molecule has 100 valence electrons. The van der Waals surface area contributed by atoms with Crippen LogP contribution in [0.15, 0.2) is 46.9 Å². The number of hydrogen-bond acceptors (Lipinski definition) is 1. The van der Waals surface area contributed by atoms with E-state index < -0.39 is 0 Å². The van der Waals surface area contributed by atoms with Crippen molar-refractivity contribution in [2.75, 3.05) is 11.9 Å². The van der Waals surface area contributed by atoms with Crippen LogP contribution in [0.2, 0.25) is 5.02 Å². The fourth-order valence-electron chi connectivity index (χ4n) is 2.29. The number of benzene rings is 2. The van der Waals surface area contributed by atoms with Crippen molar-refractivity contribution in [3.63, 3.8) is 0 Å². The molecule has 2 aromatic carbocycles. The van der Waals surface area contributed by atoms with E-state index >= 15 is 0 Å². The largest absolute Gasteiger partial charge is 0.335 e. The second-order valence-corrected chi connectivity index (χ2v) is 6.37. The molecule has 0 bridgehead atoms. The van der Waals surface area contributed by atoms with Crippen LogP contribution in [0.3, 0.4) is 0 Å². The molecule has 1 aliphatic heterocycles. The molecule has 0 spiro atoms. The Hall–Kier alpha value is -1.16. The maximum absolute atomic E-state index is 5.92. The molecule has 0 aromatic heterocycles. The summed E-state index contributed by atoms with van der Waals surface area (Å²) < 4.78 is 1.05. The minimum absolute atomic E-state index is 0.737. The molecule has 0 N–H and O–H groups in total. The predicted octanol–water partition coefficient (Wildman–Crippen LogP) is 5.42. The van der Waals surface area contributed by atoms with E-state index in [1.54, 1.807) is 0 Å². The van der Waals surface area contributed by atoms with Crippen LogP contribution in [0.5, 0.6) is 0 Å². The van der Waals surface area contributed by atoms with Crippen LogP contribution in [0.25, 0.3) is 11.6 Å². The highest BCUT2D eigenvalue weighted by atomic mass is 79.9. The average Bonchev–Trinajstić information content (AvgIpc) is 2.66. The maximum Gasteiger partial charge on any atom is 0.114 e. The number of anilines is 1. The Balaban J connectivity index is 2.13. The summed E-state index contributed by atoms with van der Waals surface area (Å²) in [7, 11) is 2.00. The third-order valence-corrected chi connectivity index (χ3v) is 4.57. The molecule has 0 aliphatic carbocycles. The van der Waals surface area contributed by atoms with Crippen molar-refractivity contribution in [1.82, 2.24) is 0 Å². The van der Waals surface area contributed by atoms with Gasteiger partial charge < -0.3 is 4.90 Å². The summed E-state index contributed by atoms with van der Waals surface area (Å²) in [6, 6.07) is 14.0. The van der Waals surface area contributed by atoms with E-state index in [9.17, 15) is 0 Å². The molecule has 0 fully saturated rings. The predicted molar refractivity (Wildman–Crippen MR) is 94.5 cm³/mol. The van der Waals surface area contributed by atoms with Gasteiger partial charge in [0.15, 0.2) is 0 Å². The van der Waals surface area contributed by atoms with Crippen molar-refractivity contribution >= 4 is 62.1 Å². The Bertz CT molecular complexity index is 722. The van der Waals surface area contributed by atoms with Crippen LogP contribution in [-0.4, -0.2) is 12.0 Å². The van der Waals surface area contributed by atoms with Crippen molar-refractivity contribution in [3.05, 3.63) is 63.1 Å². The van der Waals surface area contributed by atoms with Crippen LogP contribution in [-0.2, 0) is 0 Å². The molecule has 4 heteroatoms. The highest BCUT2D eigenvalue weighted by molar-refractivity contribution is 9.10. The van der Waals surface area contributed by atoms with Crippen molar-refractivity contribution in [1.29, 1.82) is 0 Å². The molecule has 0 amide bonds. The van der Waals surface area contributed by atoms with Crippen LogP contribution in [0.4, 0.5) is 5.69 Å². The Morgan fingerprint density at radius 2 is 1.85 bits per heavy atom. The quantitative estimate of drug-likeness (QED) is 0.491. The van der Waals surface area contributed by atoms with Gasteiger partial charge in [0, 0.05) is 33.4 Å². The SMILES string of the molecule is CN1C(=S)/C(=C\c2ccc(Cl)cc2)c2cc(Br)ccc21. The van der Waals surface area contributed by atoms with Gasteiger partial charge in [-0.3, -0.25) is 0 Å². The molecule has 1 heterocycles. The van der Waals surface area contributed by atoms with Gasteiger partial charge >= 0.3 is 0 Å². The summed E-state index contributed by atoms with van der Waals surface area (Å²) >= 11 is 15.0. The van der Waals surface area contributed by atoms with Gasteiger partial charge in [-0.25, -0.2) is 0 Å². The van der Waals surface area contributed by atoms with Gasteiger partial charge in [0.05, 0.1) is 0 Å². The van der Waals surface area contributed by atoms with Gasteiger partial charge in [0.25, 0.3) is 0 Å². The van der Waals surface area contributed by atoms with Gasteiger partial charge in [0.1, 0.15) is 4.99 Å². The van der Waals surface area contributed by atoms with Crippen molar-refractivity contribution in [3.8, 4) is 0 Å². The molecule has 0 unspecified atom stereocenters. The Morgan fingerprint density at radius 3 is 2.55 bits per heavy atom. The smallest absolute Gasteiger partial charge is 0.114 e. The fourth-order valence-corrected chi connectivity index (χ4v) is 3.04. The lowest BCUT2D eigenvalue weighted by molar-refractivity contribution is 1.32. The molecular weight excluding hydrogens is 354 g/mol. The lowest BCUT2D eigenvalue weighted by Gasteiger charge is -2.11. The molecule has 0 radical (unpaired) electrons.